The first kappa shape index (κ1) is 2.12. The Kier molecular flexibility index (Phi) is 0.574. The molecule has 0 radical (unpaired) electrons. The molecule has 0 unspecified atom stereocenters. The van der Waals surface area contributed by atoms with E-state index >= 15 is 0 Å². The van der Waals surface area contributed by atoms with E-state index in [0.29, 0.717) is 18.9 Å². The van der Waals surface area contributed by atoms with E-state index in [9.17, 15) is 0 Å². The number of nitrogens with one attached hydrogen (secondary N) is 1. The molecule has 1 fully saturated rings. The molecular formula is C2H5NO2. The van der Waals surface area contributed by atoms with E-state index in [4.69, 9.17) is 1.41 Å². The highest BCUT2D eigenvalue weighted by Gasteiger charge is 1.93. The van der Waals surface area contributed by atoms with E-state index < -0.39 is 0 Å². The fourth-order valence-corrected chi connectivity index (χ4v) is 0.186. The van der Waals surface area contributed by atoms with E-state index in [0.717, 1.165) is 0 Å². The largest absolute Gasteiger partial charge is 0.274 e. The van der Waals surface area contributed by atoms with Crippen molar-refractivity contribution in [1.29, 1.82) is 0 Å². The van der Waals surface area contributed by atoms with E-state index in [1.807, 2.05) is 0 Å². The summed E-state index contributed by atoms with van der Waals surface area (Å²) in [6.45, 7) is 1.01. The summed E-state index contributed by atoms with van der Waals surface area (Å²) in [4.78, 5) is 8.86. The summed E-state index contributed by atoms with van der Waals surface area (Å²) in [7, 11) is 0. The Labute approximate surface area is 31.2 Å². The molecule has 30 valence electrons. The van der Waals surface area contributed by atoms with Crippen LogP contribution in [0.4, 0.5) is 0 Å². The topological polar surface area (TPSA) is 30.5 Å². The van der Waals surface area contributed by atoms with Gasteiger partial charge in [0.2, 0.25) is 0 Å². The molecule has 0 aliphatic carbocycles. The lowest BCUT2D eigenvalue weighted by Crippen LogP contribution is -1.99. The van der Waals surface area contributed by atoms with Crippen LogP contribution in [0.3, 0.4) is 0 Å². The van der Waals surface area contributed by atoms with Crippen LogP contribution < -0.4 is 5.64 Å². The smallest absolute Gasteiger partial charge is 0.189 e. The second-order valence-corrected chi connectivity index (χ2v) is 0.741. The maximum atomic E-state index is 6.52. The maximum Gasteiger partial charge on any atom is 0.189 e. The first-order valence-corrected chi connectivity index (χ1v) is 1.44. The number of rotatable bonds is 0. The van der Waals surface area contributed by atoms with Crippen molar-refractivity contribution in [1.82, 2.24) is 5.64 Å². The summed E-state index contributed by atoms with van der Waals surface area (Å²) in [6, 6.07) is 0. The molecule has 1 rings (SSSR count). The molecule has 5 heavy (non-hydrogen) atoms. The van der Waals surface area contributed by atoms with E-state index in [1.54, 1.807) is 0 Å². The van der Waals surface area contributed by atoms with Gasteiger partial charge in [0, 0.05) is 0 Å². The highest BCUT2D eigenvalue weighted by molar-refractivity contribution is 4.22. The molecule has 0 aromatic rings. The molecule has 1 aliphatic rings. The molecule has 1 heterocycles. The Balaban J connectivity index is 2.18. The van der Waals surface area contributed by atoms with Crippen LogP contribution in [-0.2, 0) is 9.68 Å². The second-order valence-electron chi connectivity index (χ2n) is 0.741. The van der Waals surface area contributed by atoms with E-state index in [2.05, 4.69) is 9.68 Å². The molecular weight excluding hydrogens is 70.0 g/mol. The maximum absolute atomic E-state index is 6.52. The number of hydrogen-bond donors (Lipinski definition) is 1. The molecule has 0 aromatic carbocycles. The zero-order valence-corrected chi connectivity index (χ0v) is 2.68. The van der Waals surface area contributed by atoms with Crippen molar-refractivity contribution in [2.75, 3.05) is 13.2 Å². The van der Waals surface area contributed by atoms with Crippen LogP contribution in [0.15, 0.2) is 0 Å². The van der Waals surface area contributed by atoms with Crippen molar-refractivity contribution in [3.05, 3.63) is 0 Å². The van der Waals surface area contributed by atoms with Gasteiger partial charge in [-0.25, -0.2) is 0 Å². The summed E-state index contributed by atoms with van der Waals surface area (Å²) in [5.74, 6) is 0. The Morgan fingerprint density at radius 1 is 1.60 bits per heavy atom. The van der Waals surface area contributed by atoms with Gasteiger partial charge in [0.15, 0.2) is 1.41 Å². The number of hydrogen-bond acceptors (Lipinski definition) is 3. The first-order chi connectivity index (χ1) is 2.89. The predicted octanol–water partition coefficient (Wildman–Crippen LogP) is -0.547. The van der Waals surface area contributed by atoms with Gasteiger partial charge in [0.05, 0.1) is 13.2 Å². The summed E-state index contributed by atoms with van der Waals surface area (Å²) < 4.78 is 6.52. The zero-order valence-electron chi connectivity index (χ0n) is 3.68. The first-order valence-electron chi connectivity index (χ1n) is 1.89. The quantitative estimate of drug-likeness (QED) is 0.420. The average molecular weight is 76.1 g/mol. The predicted molar refractivity (Wildman–Crippen MR) is 15.0 cm³/mol. The van der Waals surface area contributed by atoms with Crippen LogP contribution in [0, 0.1) is 0 Å². The molecule has 1 aliphatic heterocycles. The third-order valence-electron chi connectivity index (χ3n) is 0.371. The minimum absolute atomic E-state index is 0.503. The minimum atomic E-state index is 0.503. The van der Waals surface area contributed by atoms with Crippen molar-refractivity contribution in [3.63, 3.8) is 0 Å². The summed E-state index contributed by atoms with van der Waals surface area (Å²) in [5.41, 5.74) is 0.611. The standard InChI is InChI=1S/C2H5NO2/c1-2-5-3-4-1/h3H,1-2H2/i3D. The molecule has 0 aromatic heterocycles. The summed E-state index contributed by atoms with van der Waals surface area (Å²) in [5, 5.41) is 0. The molecule has 1 N–H and O–H groups in total. The average Bonchev–Trinajstić information content (AvgIpc) is 1.86. The van der Waals surface area contributed by atoms with Gasteiger partial charge < -0.3 is 0 Å². The summed E-state index contributed by atoms with van der Waals surface area (Å²) in [6.07, 6.45) is 0. The fraction of sp³-hybridized carbons (Fsp3) is 1.00. The van der Waals surface area contributed by atoms with Crippen molar-refractivity contribution in [3.8, 4) is 0 Å². The minimum Gasteiger partial charge on any atom is -0.274 e. The second kappa shape index (κ2) is 1.35. The van der Waals surface area contributed by atoms with Crippen LogP contribution in [0.2, 0.25) is 1.41 Å². The monoisotopic (exact) mass is 76.0 g/mol. The highest BCUT2D eigenvalue weighted by Crippen LogP contribution is 1.77. The van der Waals surface area contributed by atoms with Crippen molar-refractivity contribution < 1.29 is 11.1 Å². The molecule has 0 amide bonds. The molecule has 0 atom stereocenters. The zero-order chi connectivity index (χ0) is 4.41. The highest BCUT2D eigenvalue weighted by atomic mass is 16.9. The Bertz CT molecular complexity index is 44.8. The normalized spacial score (nSPS) is 30.8. The van der Waals surface area contributed by atoms with Crippen molar-refractivity contribution in [2.24, 2.45) is 0 Å². The van der Waals surface area contributed by atoms with Gasteiger partial charge >= 0.3 is 0 Å². The van der Waals surface area contributed by atoms with Gasteiger partial charge in [0.25, 0.3) is 0 Å². The van der Waals surface area contributed by atoms with E-state index in [1.165, 1.54) is 0 Å². The Morgan fingerprint density at radius 3 is 2.40 bits per heavy atom. The van der Waals surface area contributed by atoms with Gasteiger partial charge in [-0.15, -0.1) is 0 Å². The third kappa shape index (κ3) is 0.576. The van der Waals surface area contributed by atoms with Crippen LogP contribution in [-0.4, -0.2) is 13.2 Å². The van der Waals surface area contributed by atoms with E-state index in [-0.39, 0.29) is 0 Å². The van der Waals surface area contributed by atoms with Crippen molar-refractivity contribution >= 4 is 0 Å². The fourth-order valence-electron chi connectivity index (χ4n) is 0.186. The molecule has 1 saturated heterocycles. The molecule has 0 saturated carbocycles. The van der Waals surface area contributed by atoms with Crippen LogP contribution >= 0.6 is 0 Å². The third-order valence-corrected chi connectivity index (χ3v) is 0.371. The lowest BCUT2D eigenvalue weighted by molar-refractivity contribution is -0.0682. The van der Waals surface area contributed by atoms with Gasteiger partial charge in [-0.05, 0) is 0 Å². The molecule has 3 nitrogen and oxygen atoms in total. The van der Waals surface area contributed by atoms with Gasteiger partial charge in [-0.1, -0.05) is 5.64 Å². The SMILES string of the molecule is [2H]N1OCCO1. The Morgan fingerprint density at radius 2 is 2.20 bits per heavy atom. The molecule has 0 bridgehead atoms. The van der Waals surface area contributed by atoms with Crippen LogP contribution in [0.5, 0.6) is 0 Å². The Hall–Kier alpha value is -0.120. The van der Waals surface area contributed by atoms with Gasteiger partial charge in [-0.2, -0.15) is 0 Å². The van der Waals surface area contributed by atoms with Gasteiger partial charge in [0.1, 0.15) is 0 Å². The lowest BCUT2D eigenvalue weighted by Gasteiger charge is -1.79. The summed E-state index contributed by atoms with van der Waals surface area (Å²) >= 11 is 0. The van der Waals surface area contributed by atoms with Crippen LogP contribution in [0.1, 0.15) is 0 Å². The van der Waals surface area contributed by atoms with Crippen LogP contribution in [0.25, 0.3) is 0 Å². The molecule has 3 heteroatoms. The van der Waals surface area contributed by atoms with Crippen molar-refractivity contribution in [2.45, 2.75) is 0 Å². The van der Waals surface area contributed by atoms with Gasteiger partial charge in [-0.3, -0.25) is 9.68 Å². The lowest BCUT2D eigenvalue weighted by atomic mass is 10.8. The molecule has 0 spiro atoms.